The van der Waals surface area contributed by atoms with Crippen molar-refractivity contribution in [2.75, 3.05) is 5.75 Å². The molecule has 0 spiro atoms. The third-order valence-electron chi connectivity index (χ3n) is 1.81. The van der Waals surface area contributed by atoms with E-state index in [1.165, 1.54) is 0 Å². The maximum Gasteiger partial charge on any atom is 0.240 e. The molecule has 0 aliphatic carbocycles. The molecule has 0 amide bonds. The second-order valence-corrected chi connectivity index (χ2v) is 4.84. The van der Waals surface area contributed by atoms with Gasteiger partial charge in [-0.15, -0.1) is 11.8 Å². The average molecular weight is 288 g/mol. The largest absolute Gasteiger partial charge is 0.459 e. The molecule has 5 heteroatoms. The molecule has 0 N–H and O–H groups in total. The van der Waals surface area contributed by atoms with Crippen LogP contribution in [0.5, 0.6) is 0 Å². The normalized spacial score (nSPS) is 15.0. The van der Waals surface area contributed by atoms with Gasteiger partial charge in [0.05, 0.1) is 5.03 Å². The van der Waals surface area contributed by atoms with Gasteiger partial charge in [-0.1, -0.05) is 6.07 Å². The number of hydrogen-bond donors (Lipinski definition) is 0. The van der Waals surface area contributed by atoms with E-state index in [1.54, 1.807) is 24.3 Å². The fourth-order valence-electron chi connectivity index (χ4n) is 1.14. The first kappa shape index (κ1) is 10.8. The Bertz CT molecular complexity index is 351. The van der Waals surface area contributed by atoms with Crippen LogP contribution in [0.3, 0.4) is 0 Å². The van der Waals surface area contributed by atoms with E-state index in [0.717, 1.165) is 21.8 Å². The van der Waals surface area contributed by atoms with Gasteiger partial charge >= 0.3 is 0 Å². The zero-order chi connectivity index (χ0) is 10.5. The molecule has 1 aliphatic heterocycles. The first-order valence-electron chi connectivity index (χ1n) is 4.56. The Labute approximate surface area is 101 Å². The average Bonchev–Trinajstić information content (AvgIpc) is 2.71. The molecular weight excluding hydrogens is 278 g/mol. The van der Waals surface area contributed by atoms with Crippen molar-refractivity contribution in [1.29, 1.82) is 0 Å². The fraction of sp³-hybridized carbons (Fsp3) is 0.300. The Balaban J connectivity index is 1.73. The summed E-state index contributed by atoms with van der Waals surface area (Å²) in [5, 5.41) is 1.01. The lowest BCUT2D eigenvalue weighted by atomic mass is 10.5. The van der Waals surface area contributed by atoms with Crippen LogP contribution in [0.2, 0.25) is 0 Å². The minimum absolute atomic E-state index is 0.121. The quantitative estimate of drug-likeness (QED) is 0.629. The summed E-state index contributed by atoms with van der Waals surface area (Å²) in [6.07, 6.45) is 3.88. The third kappa shape index (κ3) is 3.43. The Kier molecular flexibility index (Phi) is 3.91. The van der Waals surface area contributed by atoms with Gasteiger partial charge in [0.15, 0.2) is 0 Å². The summed E-state index contributed by atoms with van der Waals surface area (Å²) in [6, 6.07) is 5.88. The summed E-state index contributed by atoms with van der Waals surface area (Å²) in [7, 11) is 0. The number of rotatable bonds is 4. The summed E-state index contributed by atoms with van der Waals surface area (Å²) >= 11 is 5.03. The Morgan fingerprint density at radius 2 is 2.13 bits per heavy atom. The van der Waals surface area contributed by atoms with Crippen molar-refractivity contribution in [3.8, 4) is 0 Å². The minimum atomic E-state index is -0.121. The zero-order valence-electron chi connectivity index (χ0n) is 7.93. The molecule has 80 valence electrons. The predicted molar refractivity (Wildman–Crippen MR) is 62.4 cm³/mol. The molecule has 0 unspecified atom stereocenters. The van der Waals surface area contributed by atoms with Gasteiger partial charge < -0.3 is 9.47 Å². The molecule has 0 atom stereocenters. The van der Waals surface area contributed by atoms with Gasteiger partial charge in [-0.25, -0.2) is 4.98 Å². The maximum absolute atomic E-state index is 5.17. The molecule has 15 heavy (non-hydrogen) atoms. The second kappa shape index (κ2) is 5.42. The van der Waals surface area contributed by atoms with Crippen LogP contribution in [0.4, 0.5) is 0 Å². The Morgan fingerprint density at radius 3 is 2.87 bits per heavy atom. The van der Waals surface area contributed by atoms with E-state index < -0.39 is 0 Å². The van der Waals surface area contributed by atoms with Crippen molar-refractivity contribution >= 4 is 27.7 Å². The second-order valence-electron chi connectivity index (χ2n) is 2.91. The third-order valence-corrected chi connectivity index (χ3v) is 3.21. The van der Waals surface area contributed by atoms with Crippen LogP contribution in [0.15, 0.2) is 40.4 Å². The fourth-order valence-corrected chi connectivity index (χ4v) is 2.46. The van der Waals surface area contributed by atoms with Gasteiger partial charge in [0, 0.05) is 12.2 Å². The summed E-state index contributed by atoms with van der Waals surface area (Å²) in [5.41, 5.74) is 0. The van der Waals surface area contributed by atoms with Crippen molar-refractivity contribution < 1.29 is 9.47 Å². The van der Waals surface area contributed by atoms with Crippen LogP contribution in [0.1, 0.15) is 6.42 Å². The number of ether oxygens (including phenoxy) is 2. The van der Waals surface area contributed by atoms with Crippen molar-refractivity contribution in [2.45, 2.75) is 17.7 Å². The first-order valence-corrected chi connectivity index (χ1v) is 6.34. The molecule has 0 aromatic carbocycles. The summed E-state index contributed by atoms with van der Waals surface area (Å²) < 4.78 is 11.2. The number of halogens is 1. The highest BCUT2D eigenvalue weighted by atomic mass is 79.9. The molecular formula is C10H10BrNO2S. The van der Waals surface area contributed by atoms with E-state index in [-0.39, 0.29) is 6.29 Å². The number of nitrogens with zero attached hydrogens (tertiary/aromatic N) is 1. The molecule has 1 aromatic heterocycles. The highest BCUT2D eigenvalue weighted by molar-refractivity contribution is 9.10. The van der Waals surface area contributed by atoms with E-state index in [4.69, 9.17) is 9.47 Å². The molecule has 0 saturated carbocycles. The number of hydrogen-bond acceptors (Lipinski definition) is 4. The molecule has 0 saturated heterocycles. The molecule has 0 fully saturated rings. The standard InChI is InChI=1S/C10H10BrNO2S/c11-8-2-1-3-9(12-8)15-7-4-10-13-5-6-14-10/h1-3,5-6,10H,4,7H2. The summed E-state index contributed by atoms with van der Waals surface area (Å²) in [4.78, 5) is 4.32. The van der Waals surface area contributed by atoms with E-state index in [9.17, 15) is 0 Å². The van der Waals surface area contributed by atoms with Crippen LogP contribution in [0.25, 0.3) is 0 Å². The van der Waals surface area contributed by atoms with Crippen molar-refractivity contribution in [3.05, 3.63) is 35.3 Å². The molecule has 2 heterocycles. The van der Waals surface area contributed by atoms with Gasteiger partial charge in [0.25, 0.3) is 0 Å². The van der Waals surface area contributed by atoms with Gasteiger partial charge in [0.2, 0.25) is 6.29 Å². The van der Waals surface area contributed by atoms with E-state index >= 15 is 0 Å². The van der Waals surface area contributed by atoms with Crippen LogP contribution in [-0.4, -0.2) is 17.0 Å². The van der Waals surface area contributed by atoms with Crippen LogP contribution in [0, 0.1) is 0 Å². The monoisotopic (exact) mass is 287 g/mol. The van der Waals surface area contributed by atoms with E-state index in [1.807, 2.05) is 18.2 Å². The smallest absolute Gasteiger partial charge is 0.240 e. The Morgan fingerprint density at radius 1 is 1.33 bits per heavy atom. The highest BCUT2D eigenvalue weighted by Crippen LogP contribution is 2.20. The van der Waals surface area contributed by atoms with Crippen molar-refractivity contribution in [1.82, 2.24) is 4.98 Å². The van der Waals surface area contributed by atoms with Crippen LogP contribution >= 0.6 is 27.7 Å². The SMILES string of the molecule is Brc1cccc(SCCC2OC=CO2)n1. The molecule has 1 aromatic rings. The molecule has 0 bridgehead atoms. The van der Waals surface area contributed by atoms with Crippen LogP contribution < -0.4 is 0 Å². The van der Waals surface area contributed by atoms with Crippen molar-refractivity contribution in [2.24, 2.45) is 0 Å². The highest BCUT2D eigenvalue weighted by Gasteiger charge is 2.11. The molecule has 1 aliphatic rings. The lowest BCUT2D eigenvalue weighted by Crippen LogP contribution is -2.07. The number of thioether (sulfide) groups is 1. The molecule has 2 rings (SSSR count). The topological polar surface area (TPSA) is 31.4 Å². The number of pyridine rings is 1. The number of aromatic nitrogens is 1. The van der Waals surface area contributed by atoms with Crippen LogP contribution in [-0.2, 0) is 9.47 Å². The summed E-state index contributed by atoms with van der Waals surface area (Å²) in [6.45, 7) is 0. The van der Waals surface area contributed by atoms with Gasteiger partial charge in [0.1, 0.15) is 17.1 Å². The van der Waals surface area contributed by atoms with Crippen molar-refractivity contribution in [3.63, 3.8) is 0 Å². The Hall–Kier alpha value is -0.680. The summed E-state index contributed by atoms with van der Waals surface area (Å²) in [5.74, 6) is 0.926. The lowest BCUT2D eigenvalue weighted by molar-refractivity contribution is -0.0232. The predicted octanol–water partition coefficient (Wildman–Crippen LogP) is 3.17. The van der Waals surface area contributed by atoms with Gasteiger partial charge in [-0.05, 0) is 28.1 Å². The lowest BCUT2D eigenvalue weighted by Gasteiger charge is -2.08. The maximum atomic E-state index is 5.17. The van der Waals surface area contributed by atoms with Gasteiger partial charge in [-0.2, -0.15) is 0 Å². The van der Waals surface area contributed by atoms with E-state index in [0.29, 0.717) is 0 Å². The first-order chi connectivity index (χ1) is 7.34. The van der Waals surface area contributed by atoms with Gasteiger partial charge in [-0.3, -0.25) is 0 Å². The van der Waals surface area contributed by atoms with E-state index in [2.05, 4.69) is 20.9 Å². The molecule has 3 nitrogen and oxygen atoms in total. The minimum Gasteiger partial charge on any atom is -0.459 e. The zero-order valence-corrected chi connectivity index (χ0v) is 10.3. The molecule has 0 radical (unpaired) electrons.